The number of hydrogen-bond donors (Lipinski definition) is 1. The number of aryl methyl sites for hydroxylation is 1. The number of carboxylic acid groups (broad SMARTS) is 1. The number of likely N-dealkylation sites (tertiary alicyclic amines) is 2. The van der Waals surface area contributed by atoms with Crippen molar-refractivity contribution in [2.45, 2.75) is 76.2 Å². The predicted octanol–water partition coefficient (Wildman–Crippen LogP) is 6.61. The summed E-state index contributed by atoms with van der Waals surface area (Å²) in [4.78, 5) is 17.5. The molecule has 1 N–H and O–H groups in total. The smallest absolute Gasteiger partial charge is 0.321 e. The molecule has 2 aromatic carbocycles. The van der Waals surface area contributed by atoms with Crippen LogP contribution in [-0.2, 0) is 11.2 Å². The Morgan fingerprint density at radius 2 is 1.63 bits per heavy atom. The highest BCUT2D eigenvalue weighted by Gasteiger charge is 2.43. The molecule has 4 nitrogen and oxygen atoms in total. The summed E-state index contributed by atoms with van der Waals surface area (Å²) in [6.45, 7) is 5.11. The summed E-state index contributed by atoms with van der Waals surface area (Å²) in [6.07, 6.45) is 11.7. The number of nitrogens with zero attached hydrogens (tertiary/aromatic N) is 2. The van der Waals surface area contributed by atoms with Crippen LogP contribution < -0.4 is 0 Å². The third-order valence-corrected chi connectivity index (χ3v) is 9.63. The van der Waals surface area contributed by atoms with Gasteiger partial charge in [0.25, 0.3) is 0 Å². The molecule has 0 bridgehead atoms. The summed E-state index contributed by atoms with van der Waals surface area (Å²) in [7, 11) is 0. The lowest BCUT2D eigenvalue weighted by atomic mass is 9.83. The molecule has 206 valence electrons. The van der Waals surface area contributed by atoms with Gasteiger partial charge in [-0.15, -0.1) is 0 Å². The van der Waals surface area contributed by atoms with E-state index in [9.17, 15) is 14.3 Å². The number of benzene rings is 2. The largest absolute Gasteiger partial charge is 0.480 e. The van der Waals surface area contributed by atoms with Gasteiger partial charge in [-0.05, 0) is 92.6 Å². The molecule has 3 aliphatic rings. The van der Waals surface area contributed by atoms with Gasteiger partial charge in [-0.3, -0.25) is 9.69 Å². The summed E-state index contributed by atoms with van der Waals surface area (Å²) in [5, 5.41) is 10.3. The number of piperidine rings is 1. The van der Waals surface area contributed by atoms with Crippen LogP contribution in [0.2, 0.25) is 0 Å². The zero-order valence-electron chi connectivity index (χ0n) is 22.8. The minimum atomic E-state index is -0.620. The third kappa shape index (κ3) is 7.04. The summed E-state index contributed by atoms with van der Waals surface area (Å²) in [5.74, 6) is 1.16. The molecule has 0 spiro atoms. The van der Waals surface area contributed by atoms with Crippen molar-refractivity contribution < 1.29 is 14.3 Å². The van der Waals surface area contributed by atoms with Crippen molar-refractivity contribution in [3.8, 4) is 0 Å². The summed E-state index contributed by atoms with van der Waals surface area (Å²) < 4.78 is 13.2. The fourth-order valence-corrected chi connectivity index (χ4v) is 7.54. The Labute approximate surface area is 228 Å². The molecular weight excluding hydrogens is 475 g/mol. The van der Waals surface area contributed by atoms with Gasteiger partial charge in [0.15, 0.2) is 0 Å². The van der Waals surface area contributed by atoms with Crippen LogP contribution in [-0.4, -0.2) is 59.6 Å². The Kier molecular flexibility index (Phi) is 9.50. The van der Waals surface area contributed by atoms with Crippen LogP contribution in [0, 0.1) is 23.6 Å². The first-order valence-corrected chi connectivity index (χ1v) is 15.1. The summed E-state index contributed by atoms with van der Waals surface area (Å²) in [5.41, 5.74) is 2.60. The zero-order chi connectivity index (χ0) is 26.3. The highest BCUT2D eigenvalue weighted by Crippen LogP contribution is 2.38. The molecule has 5 heteroatoms. The molecule has 1 aliphatic carbocycles. The maximum atomic E-state index is 13.2. The van der Waals surface area contributed by atoms with Gasteiger partial charge in [0, 0.05) is 25.6 Å². The van der Waals surface area contributed by atoms with Crippen molar-refractivity contribution in [2.24, 2.45) is 17.8 Å². The molecule has 0 amide bonds. The van der Waals surface area contributed by atoms with Crippen LogP contribution in [0.15, 0.2) is 54.6 Å². The first-order chi connectivity index (χ1) is 18.6. The van der Waals surface area contributed by atoms with Gasteiger partial charge >= 0.3 is 5.97 Å². The van der Waals surface area contributed by atoms with Gasteiger partial charge in [0.2, 0.25) is 0 Å². The zero-order valence-corrected chi connectivity index (χ0v) is 22.8. The number of rotatable bonds is 10. The molecule has 2 saturated heterocycles. The van der Waals surface area contributed by atoms with E-state index >= 15 is 0 Å². The average Bonchev–Trinajstić information content (AvgIpc) is 3.34. The summed E-state index contributed by atoms with van der Waals surface area (Å²) >= 11 is 0. The van der Waals surface area contributed by atoms with E-state index in [1.807, 2.05) is 12.1 Å². The third-order valence-electron chi connectivity index (χ3n) is 9.63. The van der Waals surface area contributed by atoms with Crippen molar-refractivity contribution in [1.29, 1.82) is 0 Å². The molecule has 5 rings (SSSR count). The first kappa shape index (κ1) is 27.3. The number of hydrogen-bond acceptors (Lipinski definition) is 3. The molecule has 3 unspecified atom stereocenters. The van der Waals surface area contributed by atoms with E-state index in [4.69, 9.17) is 0 Å². The second kappa shape index (κ2) is 13.2. The molecule has 38 heavy (non-hydrogen) atoms. The van der Waals surface area contributed by atoms with Crippen LogP contribution in [0.5, 0.6) is 0 Å². The van der Waals surface area contributed by atoms with E-state index in [1.54, 1.807) is 12.1 Å². The predicted molar refractivity (Wildman–Crippen MR) is 151 cm³/mol. The average molecular weight is 521 g/mol. The molecule has 0 aromatic heterocycles. The second-order valence-electron chi connectivity index (χ2n) is 12.2. The quantitative estimate of drug-likeness (QED) is 0.383. The normalized spacial score (nSPS) is 25.0. The minimum absolute atomic E-state index is 0.159. The van der Waals surface area contributed by atoms with Crippen molar-refractivity contribution in [3.63, 3.8) is 0 Å². The molecule has 1 saturated carbocycles. The van der Waals surface area contributed by atoms with Crippen LogP contribution in [0.25, 0.3) is 0 Å². The number of carboxylic acids is 1. The van der Waals surface area contributed by atoms with Crippen molar-refractivity contribution >= 4 is 5.97 Å². The van der Waals surface area contributed by atoms with E-state index in [-0.39, 0.29) is 11.9 Å². The van der Waals surface area contributed by atoms with Crippen molar-refractivity contribution in [1.82, 2.24) is 9.80 Å². The van der Waals surface area contributed by atoms with E-state index in [0.29, 0.717) is 17.8 Å². The lowest BCUT2D eigenvalue weighted by Gasteiger charge is -2.35. The molecule has 2 aliphatic heterocycles. The maximum absolute atomic E-state index is 13.2. The SMILES string of the molecule is O=C(O)C(C1CCCCC1)N1CC(CN2CCC(CCCc3ccc(F)cc3)CC2)C(c2ccccc2)C1. The Balaban J connectivity index is 1.16. The van der Waals surface area contributed by atoms with Crippen LogP contribution >= 0.6 is 0 Å². The van der Waals surface area contributed by atoms with E-state index in [1.165, 1.54) is 56.1 Å². The van der Waals surface area contributed by atoms with E-state index in [2.05, 4.69) is 40.1 Å². The Morgan fingerprint density at radius 1 is 0.921 bits per heavy atom. The fraction of sp³-hybridized carbons (Fsp3) is 0.606. The monoisotopic (exact) mass is 520 g/mol. The van der Waals surface area contributed by atoms with Crippen LogP contribution in [0.1, 0.15) is 74.8 Å². The topological polar surface area (TPSA) is 43.8 Å². The van der Waals surface area contributed by atoms with Gasteiger partial charge in [-0.1, -0.05) is 68.1 Å². The summed E-state index contributed by atoms with van der Waals surface area (Å²) in [6, 6.07) is 17.4. The van der Waals surface area contributed by atoms with Gasteiger partial charge in [0.05, 0.1) is 0 Å². The lowest BCUT2D eigenvalue weighted by Crippen LogP contribution is -2.46. The van der Waals surface area contributed by atoms with Gasteiger partial charge in [0.1, 0.15) is 11.9 Å². The highest BCUT2D eigenvalue weighted by molar-refractivity contribution is 5.74. The maximum Gasteiger partial charge on any atom is 0.321 e. The Morgan fingerprint density at radius 3 is 2.32 bits per heavy atom. The number of aliphatic carboxylic acids is 1. The molecular formula is C33H45FN2O2. The Bertz CT molecular complexity index is 999. The molecule has 0 radical (unpaired) electrons. The molecule has 2 aromatic rings. The van der Waals surface area contributed by atoms with Gasteiger partial charge in [-0.2, -0.15) is 0 Å². The van der Waals surface area contributed by atoms with Gasteiger partial charge < -0.3 is 10.0 Å². The second-order valence-corrected chi connectivity index (χ2v) is 12.2. The number of halogens is 1. The van der Waals surface area contributed by atoms with Crippen LogP contribution in [0.3, 0.4) is 0 Å². The lowest BCUT2D eigenvalue weighted by molar-refractivity contribution is -0.145. The Hall–Kier alpha value is -2.24. The fourth-order valence-electron chi connectivity index (χ4n) is 7.54. The molecule has 2 heterocycles. The van der Waals surface area contributed by atoms with E-state index < -0.39 is 5.97 Å². The first-order valence-electron chi connectivity index (χ1n) is 15.1. The molecule has 3 fully saturated rings. The van der Waals surface area contributed by atoms with Crippen LogP contribution in [0.4, 0.5) is 4.39 Å². The van der Waals surface area contributed by atoms with Crippen molar-refractivity contribution in [2.75, 3.05) is 32.7 Å². The van der Waals surface area contributed by atoms with E-state index in [0.717, 1.165) is 57.9 Å². The number of carbonyl (C=O) groups is 1. The minimum Gasteiger partial charge on any atom is -0.480 e. The van der Waals surface area contributed by atoms with Crippen molar-refractivity contribution in [3.05, 3.63) is 71.5 Å². The standard InChI is InChI=1S/C33H45FN2O2/c34-30-16-14-25(15-17-30)8-7-9-26-18-20-35(21-19-26)22-29-23-36(24-31(29)27-10-3-1-4-11-27)32(33(37)38)28-12-5-2-6-13-28/h1,3-4,10-11,14-17,26,28-29,31-32H,2,5-9,12-13,18-24H2,(H,37,38). The molecule has 3 atom stereocenters. The highest BCUT2D eigenvalue weighted by atomic mass is 19.1. The van der Waals surface area contributed by atoms with Gasteiger partial charge in [-0.25, -0.2) is 4.39 Å².